The lowest BCUT2D eigenvalue weighted by Crippen LogP contribution is -2.08. The highest BCUT2D eigenvalue weighted by Gasteiger charge is 2.00. The van der Waals surface area contributed by atoms with E-state index in [9.17, 15) is 0 Å². The monoisotopic (exact) mass is 325 g/mol. The fourth-order valence-electron chi connectivity index (χ4n) is 2.19. The molecule has 0 heterocycles. The van der Waals surface area contributed by atoms with E-state index in [0.29, 0.717) is 11.7 Å². The standard InChI is InChI=1S/C19H23NO2Si/c1-15(2)22-23-13-3-12-21-19-10-8-18(9-11-19)17-6-4-16(14-20)5-7-17/h4-11,15H,3,12-13,23H2,1-2H3. The fraction of sp³-hybridized carbons (Fsp3) is 0.316. The summed E-state index contributed by atoms with van der Waals surface area (Å²) in [5, 5.41) is 8.83. The molecule has 0 saturated carbocycles. The lowest BCUT2D eigenvalue weighted by Gasteiger charge is -2.09. The Labute approximate surface area is 140 Å². The summed E-state index contributed by atoms with van der Waals surface area (Å²) in [6.45, 7) is 4.91. The van der Waals surface area contributed by atoms with Gasteiger partial charge in [0.1, 0.15) is 5.75 Å². The molecule has 0 spiro atoms. The second-order valence-electron chi connectivity index (χ2n) is 5.69. The largest absolute Gasteiger partial charge is 0.494 e. The summed E-state index contributed by atoms with van der Waals surface area (Å²) in [5.74, 6) is 0.897. The number of hydrogen-bond acceptors (Lipinski definition) is 3. The molecule has 0 amide bonds. The van der Waals surface area contributed by atoms with Gasteiger partial charge in [-0.1, -0.05) is 24.3 Å². The molecule has 0 radical (unpaired) electrons. The summed E-state index contributed by atoms with van der Waals surface area (Å²) < 4.78 is 11.4. The molecule has 0 aliphatic heterocycles. The number of nitrogens with zero attached hydrogens (tertiary/aromatic N) is 1. The molecule has 0 unspecified atom stereocenters. The van der Waals surface area contributed by atoms with Gasteiger partial charge in [0.25, 0.3) is 0 Å². The molecule has 0 fully saturated rings. The fourth-order valence-corrected chi connectivity index (χ4v) is 3.24. The van der Waals surface area contributed by atoms with Crippen molar-refractivity contribution in [1.82, 2.24) is 0 Å². The van der Waals surface area contributed by atoms with Crippen LogP contribution in [-0.2, 0) is 4.43 Å². The average molecular weight is 325 g/mol. The predicted molar refractivity (Wildman–Crippen MR) is 96.3 cm³/mol. The second-order valence-corrected chi connectivity index (χ2v) is 7.14. The molecule has 2 aromatic rings. The molecule has 23 heavy (non-hydrogen) atoms. The van der Waals surface area contributed by atoms with E-state index >= 15 is 0 Å². The molecule has 0 aromatic heterocycles. The van der Waals surface area contributed by atoms with Crippen LogP contribution in [0.5, 0.6) is 5.75 Å². The van der Waals surface area contributed by atoms with Crippen molar-refractivity contribution in [2.45, 2.75) is 32.4 Å². The minimum atomic E-state index is -0.386. The van der Waals surface area contributed by atoms with E-state index in [2.05, 4.69) is 19.9 Å². The number of ether oxygens (including phenoxy) is 1. The Morgan fingerprint density at radius 1 is 1.00 bits per heavy atom. The first-order valence-corrected chi connectivity index (χ1v) is 9.62. The van der Waals surface area contributed by atoms with E-state index in [0.717, 1.165) is 35.9 Å². The van der Waals surface area contributed by atoms with Gasteiger partial charge in [0.2, 0.25) is 0 Å². The lowest BCUT2D eigenvalue weighted by atomic mass is 10.0. The third kappa shape index (κ3) is 5.89. The number of rotatable bonds is 8. The van der Waals surface area contributed by atoms with Crippen LogP contribution in [0, 0.1) is 11.3 Å². The first-order chi connectivity index (χ1) is 11.2. The Morgan fingerprint density at radius 2 is 1.61 bits per heavy atom. The van der Waals surface area contributed by atoms with Crippen LogP contribution in [0.4, 0.5) is 0 Å². The van der Waals surface area contributed by atoms with Crippen LogP contribution in [0.3, 0.4) is 0 Å². The molecule has 0 N–H and O–H groups in total. The Balaban J connectivity index is 1.79. The van der Waals surface area contributed by atoms with Gasteiger partial charge in [-0.05, 0) is 61.7 Å². The number of hydrogen-bond donors (Lipinski definition) is 0. The SMILES string of the molecule is CC(C)O[SiH2]CCCOc1ccc(-c2ccc(C#N)cc2)cc1. The molecule has 3 nitrogen and oxygen atoms in total. The molecule has 120 valence electrons. The van der Waals surface area contributed by atoms with Crippen molar-refractivity contribution < 1.29 is 9.16 Å². The maximum atomic E-state index is 8.83. The van der Waals surface area contributed by atoms with Crippen LogP contribution in [0.2, 0.25) is 6.04 Å². The maximum Gasteiger partial charge on any atom is 0.162 e. The minimum absolute atomic E-state index is 0.359. The molecule has 2 rings (SSSR count). The van der Waals surface area contributed by atoms with Gasteiger partial charge in [0.05, 0.1) is 18.2 Å². The zero-order valence-electron chi connectivity index (χ0n) is 13.8. The van der Waals surface area contributed by atoms with Crippen LogP contribution in [0.25, 0.3) is 11.1 Å². The van der Waals surface area contributed by atoms with Gasteiger partial charge < -0.3 is 9.16 Å². The molecule has 0 bridgehead atoms. The van der Waals surface area contributed by atoms with Gasteiger partial charge in [0, 0.05) is 6.10 Å². The summed E-state index contributed by atoms with van der Waals surface area (Å²) in [7, 11) is -0.386. The predicted octanol–water partition coefficient (Wildman–Crippen LogP) is 3.92. The molecular weight excluding hydrogens is 302 g/mol. The zero-order valence-corrected chi connectivity index (χ0v) is 15.2. The van der Waals surface area contributed by atoms with Crippen molar-refractivity contribution in [1.29, 1.82) is 5.26 Å². The summed E-state index contributed by atoms with van der Waals surface area (Å²) >= 11 is 0. The Hall–Kier alpha value is -2.09. The smallest absolute Gasteiger partial charge is 0.162 e. The van der Waals surface area contributed by atoms with Crippen LogP contribution in [0.1, 0.15) is 25.8 Å². The zero-order chi connectivity index (χ0) is 16.5. The lowest BCUT2D eigenvalue weighted by molar-refractivity contribution is 0.252. The van der Waals surface area contributed by atoms with E-state index in [4.69, 9.17) is 14.4 Å². The molecular formula is C19H23NO2Si. The Bertz CT molecular complexity index is 630. The van der Waals surface area contributed by atoms with Gasteiger partial charge in [0.15, 0.2) is 9.76 Å². The van der Waals surface area contributed by atoms with Crippen molar-refractivity contribution in [2.24, 2.45) is 0 Å². The van der Waals surface area contributed by atoms with Gasteiger partial charge in [-0.3, -0.25) is 0 Å². The van der Waals surface area contributed by atoms with E-state index in [1.807, 2.05) is 48.5 Å². The van der Waals surface area contributed by atoms with Gasteiger partial charge >= 0.3 is 0 Å². The summed E-state index contributed by atoms with van der Waals surface area (Å²) in [4.78, 5) is 0. The van der Waals surface area contributed by atoms with E-state index < -0.39 is 0 Å². The van der Waals surface area contributed by atoms with E-state index in [1.54, 1.807) is 0 Å². The Morgan fingerprint density at radius 3 is 2.17 bits per heavy atom. The van der Waals surface area contributed by atoms with Gasteiger partial charge in [-0.15, -0.1) is 0 Å². The van der Waals surface area contributed by atoms with Crippen LogP contribution in [-0.4, -0.2) is 22.5 Å². The van der Waals surface area contributed by atoms with Crippen molar-refractivity contribution in [3.8, 4) is 22.9 Å². The molecule has 0 aliphatic rings. The Kier molecular flexibility index (Phi) is 6.86. The summed E-state index contributed by atoms with van der Waals surface area (Å²) in [6, 6.07) is 19.0. The number of benzene rings is 2. The van der Waals surface area contributed by atoms with Crippen molar-refractivity contribution in [3.63, 3.8) is 0 Å². The molecule has 0 saturated heterocycles. The number of nitriles is 1. The van der Waals surface area contributed by atoms with Gasteiger partial charge in [-0.25, -0.2) is 0 Å². The van der Waals surface area contributed by atoms with E-state index in [1.165, 1.54) is 0 Å². The average Bonchev–Trinajstić information content (AvgIpc) is 2.58. The van der Waals surface area contributed by atoms with Crippen molar-refractivity contribution in [3.05, 3.63) is 54.1 Å². The van der Waals surface area contributed by atoms with Gasteiger partial charge in [-0.2, -0.15) is 5.26 Å². The third-order valence-corrected chi connectivity index (χ3v) is 5.15. The quantitative estimate of drug-likeness (QED) is 0.546. The highest BCUT2D eigenvalue weighted by Crippen LogP contribution is 2.22. The molecule has 2 aromatic carbocycles. The third-order valence-electron chi connectivity index (χ3n) is 3.46. The summed E-state index contributed by atoms with van der Waals surface area (Å²) in [5.41, 5.74) is 2.91. The highest BCUT2D eigenvalue weighted by atomic mass is 28.2. The van der Waals surface area contributed by atoms with Crippen molar-refractivity contribution >= 4 is 9.76 Å². The maximum absolute atomic E-state index is 8.83. The van der Waals surface area contributed by atoms with E-state index in [-0.39, 0.29) is 9.76 Å². The van der Waals surface area contributed by atoms with Crippen LogP contribution >= 0.6 is 0 Å². The topological polar surface area (TPSA) is 42.2 Å². The highest BCUT2D eigenvalue weighted by molar-refractivity contribution is 6.27. The van der Waals surface area contributed by atoms with Crippen LogP contribution < -0.4 is 4.74 Å². The first kappa shape index (κ1) is 17.3. The normalized spacial score (nSPS) is 11.0. The van der Waals surface area contributed by atoms with Crippen molar-refractivity contribution in [2.75, 3.05) is 6.61 Å². The second kappa shape index (κ2) is 9.14. The molecule has 4 heteroatoms. The molecule has 0 atom stereocenters. The summed E-state index contributed by atoms with van der Waals surface area (Å²) in [6.07, 6.45) is 1.41. The van der Waals surface area contributed by atoms with Crippen LogP contribution in [0.15, 0.2) is 48.5 Å². The minimum Gasteiger partial charge on any atom is -0.494 e. The first-order valence-electron chi connectivity index (χ1n) is 8.04. The molecule has 0 aliphatic carbocycles.